The molecule has 0 aromatic carbocycles. The number of likely N-dealkylation sites (tertiary alicyclic amines) is 1. The van der Waals surface area contributed by atoms with Crippen molar-refractivity contribution in [3.05, 3.63) is 41.5 Å². The molecule has 1 aliphatic heterocycles. The Balaban J connectivity index is 1.82. The summed E-state index contributed by atoms with van der Waals surface area (Å²) in [6.07, 6.45) is 2.00. The first kappa shape index (κ1) is 16.4. The molecule has 3 rings (SSSR count). The zero-order valence-electron chi connectivity index (χ0n) is 14.4. The lowest BCUT2D eigenvalue weighted by Crippen LogP contribution is -2.38. The molecule has 1 atom stereocenters. The van der Waals surface area contributed by atoms with Crippen LogP contribution in [0.1, 0.15) is 42.9 Å². The van der Waals surface area contributed by atoms with Crippen LogP contribution < -0.4 is 5.32 Å². The van der Waals surface area contributed by atoms with E-state index in [1.165, 1.54) is 0 Å². The Morgan fingerprint density at radius 1 is 1.17 bits per heavy atom. The second-order valence-corrected chi connectivity index (χ2v) is 6.35. The highest BCUT2D eigenvalue weighted by atomic mass is 16.2. The van der Waals surface area contributed by atoms with Crippen molar-refractivity contribution in [3.8, 4) is 0 Å². The first-order chi connectivity index (χ1) is 11.5. The zero-order chi connectivity index (χ0) is 17.1. The van der Waals surface area contributed by atoms with Crippen LogP contribution in [-0.2, 0) is 4.79 Å². The van der Waals surface area contributed by atoms with E-state index in [0.717, 1.165) is 48.2 Å². The highest BCUT2D eigenvalue weighted by molar-refractivity contribution is 5.73. The molecule has 6 nitrogen and oxygen atoms in total. The van der Waals surface area contributed by atoms with Gasteiger partial charge in [-0.2, -0.15) is 0 Å². The third kappa shape index (κ3) is 3.88. The number of aromatic nitrogens is 3. The Hall–Kier alpha value is -2.50. The molecule has 0 saturated carbocycles. The average molecular weight is 325 g/mol. The molecule has 0 unspecified atom stereocenters. The minimum atomic E-state index is 0.120. The molecule has 0 aliphatic carbocycles. The number of pyridine rings is 1. The third-order valence-corrected chi connectivity index (χ3v) is 4.25. The molecule has 1 N–H and O–H groups in total. The highest BCUT2D eigenvalue weighted by Crippen LogP contribution is 2.26. The van der Waals surface area contributed by atoms with E-state index in [1.54, 1.807) is 6.92 Å². The fourth-order valence-electron chi connectivity index (χ4n) is 3.06. The zero-order valence-corrected chi connectivity index (χ0v) is 14.4. The van der Waals surface area contributed by atoms with Crippen molar-refractivity contribution in [3.63, 3.8) is 0 Å². The molecule has 24 heavy (non-hydrogen) atoms. The van der Waals surface area contributed by atoms with Crippen molar-refractivity contribution in [2.24, 2.45) is 0 Å². The second-order valence-electron chi connectivity index (χ2n) is 6.35. The maximum Gasteiger partial charge on any atom is 0.219 e. The summed E-state index contributed by atoms with van der Waals surface area (Å²) in [5, 5.41) is 3.26. The summed E-state index contributed by atoms with van der Waals surface area (Å²) in [5.41, 5.74) is 1.87. The first-order valence-electron chi connectivity index (χ1n) is 8.33. The predicted octanol–water partition coefficient (Wildman–Crippen LogP) is 2.96. The van der Waals surface area contributed by atoms with Gasteiger partial charge in [0.1, 0.15) is 17.5 Å². The van der Waals surface area contributed by atoms with Gasteiger partial charge < -0.3 is 10.2 Å². The number of amides is 1. The van der Waals surface area contributed by atoms with E-state index in [9.17, 15) is 4.79 Å². The topological polar surface area (TPSA) is 71.0 Å². The molecule has 126 valence electrons. The van der Waals surface area contributed by atoms with Crippen molar-refractivity contribution in [2.75, 3.05) is 18.4 Å². The maximum atomic E-state index is 11.6. The SMILES string of the molecule is CC(=O)N1CCC[C@@H](c2nc(C)cc(Nc3cccc(C)n3)n2)C1. The van der Waals surface area contributed by atoms with E-state index in [-0.39, 0.29) is 11.8 Å². The van der Waals surface area contributed by atoms with Gasteiger partial charge in [0.05, 0.1) is 0 Å². The van der Waals surface area contributed by atoms with E-state index in [0.29, 0.717) is 6.54 Å². The second kappa shape index (κ2) is 6.95. The van der Waals surface area contributed by atoms with Gasteiger partial charge in [-0.15, -0.1) is 0 Å². The molecule has 3 heterocycles. The number of carbonyl (C=O) groups is 1. The Morgan fingerprint density at radius 3 is 2.75 bits per heavy atom. The smallest absolute Gasteiger partial charge is 0.219 e. The van der Waals surface area contributed by atoms with Crippen molar-refractivity contribution >= 4 is 17.5 Å². The first-order valence-corrected chi connectivity index (χ1v) is 8.33. The number of nitrogens with zero attached hydrogens (tertiary/aromatic N) is 4. The van der Waals surface area contributed by atoms with Gasteiger partial charge in [0.2, 0.25) is 5.91 Å². The highest BCUT2D eigenvalue weighted by Gasteiger charge is 2.25. The van der Waals surface area contributed by atoms with Gasteiger partial charge in [0.25, 0.3) is 0 Å². The van der Waals surface area contributed by atoms with Gasteiger partial charge in [-0.05, 0) is 38.8 Å². The fourth-order valence-corrected chi connectivity index (χ4v) is 3.06. The van der Waals surface area contributed by atoms with Crippen molar-refractivity contribution < 1.29 is 4.79 Å². The Bertz CT molecular complexity index is 746. The van der Waals surface area contributed by atoms with Crippen LogP contribution in [0.5, 0.6) is 0 Å². The molecule has 0 spiro atoms. The van der Waals surface area contributed by atoms with Gasteiger partial charge >= 0.3 is 0 Å². The summed E-state index contributed by atoms with van der Waals surface area (Å²) >= 11 is 0. The van der Waals surface area contributed by atoms with E-state index >= 15 is 0 Å². The van der Waals surface area contributed by atoms with Gasteiger partial charge in [-0.25, -0.2) is 15.0 Å². The minimum absolute atomic E-state index is 0.120. The Kier molecular flexibility index (Phi) is 4.74. The summed E-state index contributed by atoms with van der Waals surface area (Å²) in [6.45, 7) is 7.07. The van der Waals surface area contributed by atoms with E-state index in [4.69, 9.17) is 0 Å². The number of piperidine rings is 1. The van der Waals surface area contributed by atoms with Crippen LogP contribution in [0.15, 0.2) is 24.3 Å². The van der Waals surface area contributed by atoms with E-state index in [2.05, 4.69) is 20.3 Å². The number of anilines is 2. The molecule has 1 amide bonds. The molecule has 0 radical (unpaired) electrons. The number of nitrogens with one attached hydrogen (secondary N) is 1. The molecule has 2 aromatic heterocycles. The van der Waals surface area contributed by atoms with Crippen LogP contribution in [0.2, 0.25) is 0 Å². The molecule has 1 saturated heterocycles. The lowest BCUT2D eigenvalue weighted by atomic mass is 9.97. The number of aryl methyl sites for hydroxylation is 2. The molecule has 0 bridgehead atoms. The van der Waals surface area contributed by atoms with Crippen LogP contribution in [-0.4, -0.2) is 38.8 Å². The molecule has 1 aliphatic rings. The number of rotatable bonds is 3. The lowest BCUT2D eigenvalue weighted by molar-refractivity contribution is -0.130. The largest absolute Gasteiger partial charge is 0.342 e. The summed E-state index contributed by atoms with van der Waals surface area (Å²) in [6, 6.07) is 7.76. The normalized spacial score (nSPS) is 17.6. The van der Waals surface area contributed by atoms with E-state index in [1.807, 2.05) is 43.0 Å². The summed E-state index contributed by atoms with van der Waals surface area (Å²) in [5.74, 6) is 2.63. The number of hydrogen-bond donors (Lipinski definition) is 1. The van der Waals surface area contributed by atoms with Gasteiger partial charge in [0, 0.05) is 43.4 Å². The van der Waals surface area contributed by atoms with Crippen molar-refractivity contribution in [1.29, 1.82) is 0 Å². The number of carbonyl (C=O) groups excluding carboxylic acids is 1. The minimum Gasteiger partial charge on any atom is -0.342 e. The van der Waals surface area contributed by atoms with E-state index < -0.39 is 0 Å². The molecule has 2 aromatic rings. The maximum absolute atomic E-state index is 11.6. The summed E-state index contributed by atoms with van der Waals surface area (Å²) in [4.78, 5) is 27.3. The van der Waals surface area contributed by atoms with Crippen LogP contribution in [0, 0.1) is 13.8 Å². The Labute approximate surface area is 142 Å². The third-order valence-electron chi connectivity index (χ3n) is 4.25. The van der Waals surface area contributed by atoms with Gasteiger partial charge in [-0.1, -0.05) is 6.07 Å². The predicted molar refractivity (Wildman–Crippen MR) is 93.3 cm³/mol. The van der Waals surface area contributed by atoms with Crippen LogP contribution in [0.3, 0.4) is 0 Å². The Morgan fingerprint density at radius 2 is 2.00 bits per heavy atom. The monoisotopic (exact) mass is 325 g/mol. The number of hydrogen-bond acceptors (Lipinski definition) is 5. The quantitative estimate of drug-likeness (QED) is 0.939. The average Bonchev–Trinajstić information content (AvgIpc) is 2.54. The van der Waals surface area contributed by atoms with Crippen molar-refractivity contribution in [2.45, 2.75) is 39.5 Å². The van der Waals surface area contributed by atoms with Gasteiger partial charge in [0.15, 0.2) is 0 Å². The molecular formula is C18H23N5O. The fraction of sp³-hybridized carbons (Fsp3) is 0.444. The van der Waals surface area contributed by atoms with Gasteiger partial charge in [-0.3, -0.25) is 4.79 Å². The van der Waals surface area contributed by atoms with Crippen LogP contribution in [0.4, 0.5) is 11.6 Å². The van der Waals surface area contributed by atoms with Crippen molar-refractivity contribution in [1.82, 2.24) is 19.9 Å². The van der Waals surface area contributed by atoms with Crippen LogP contribution >= 0.6 is 0 Å². The molecular weight excluding hydrogens is 302 g/mol. The molecule has 1 fully saturated rings. The molecule has 6 heteroatoms. The summed E-state index contributed by atoms with van der Waals surface area (Å²) < 4.78 is 0. The standard InChI is InChI=1S/C18H23N5O/c1-12-6-4-8-16(19-12)21-17-10-13(2)20-18(22-17)15-7-5-9-23(11-15)14(3)24/h4,6,8,10,15H,5,7,9,11H2,1-3H3,(H,19,20,21,22)/t15-/m1/s1. The lowest BCUT2D eigenvalue weighted by Gasteiger charge is -2.31. The van der Waals surface area contributed by atoms with Crippen LogP contribution in [0.25, 0.3) is 0 Å². The summed E-state index contributed by atoms with van der Waals surface area (Å²) in [7, 11) is 0.